The first-order valence-electron chi connectivity index (χ1n) is 14.8. The second-order valence-electron chi connectivity index (χ2n) is 12.8. The number of unbranched alkanes of at least 4 members (excludes halogenated alkanes) is 1. The van der Waals surface area contributed by atoms with Crippen molar-refractivity contribution in [3.05, 3.63) is 52.5 Å². The number of aryl methyl sites for hydroxylation is 2. The molecule has 1 aliphatic rings. The van der Waals surface area contributed by atoms with Gasteiger partial charge < -0.3 is 20.7 Å². The summed E-state index contributed by atoms with van der Waals surface area (Å²) in [5.74, 6) is -3.98. The van der Waals surface area contributed by atoms with Crippen molar-refractivity contribution in [2.75, 3.05) is 10.6 Å². The number of benzene rings is 2. The number of carbonyl (C=O) groups is 6. The van der Waals surface area contributed by atoms with Crippen molar-refractivity contribution in [2.45, 2.75) is 92.3 Å². The first-order chi connectivity index (χ1) is 20.9. The van der Waals surface area contributed by atoms with Crippen LogP contribution in [0, 0.1) is 19.3 Å². The minimum absolute atomic E-state index is 0.0211. The van der Waals surface area contributed by atoms with Gasteiger partial charge in [0.15, 0.2) is 12.1 Å². The molecular weight excluding hydrogens is 600 g/mol. The normalized spacial score (nSPS) is 15.6. The molecule has 1 saturated heterocycles. The van der Waals surface area contributed by atoms with Crippen molar-refractivity contribution in [2.24, 2.45) is 5.41 Å². The lowest BCUT2D eigenvalue weighted by Crippen LogP contribution is -2.56. The van der Waals surface area contributed by atoms with E-state index in [0.29, 0.717) is 17.1 Å². The minimum atomic E-state index is -2.09. The topological polar surface area (TPSA) is 151 Å². The molecule has 3 rings (SSSR count). The zero-order valence-electron chi connectivity index (χ0n) is 26.9. The Morgan fingerprint density at radius 2 is 1.67 bits per heavy atom. The van der Waals surface area contributed by atoms with Gasteiger partial charge in [-0.25, -0.2) is 9.69 Å². The molecule has 45 heavy (non-hydrogen) atoms. The monoisotopic (exact) mass is 640 g/mol. The standard InChI is InChI=1S/C33H41ClN4O7/c1-9-10-11-24(45-23-15-12-18(2)16-19(23)3)28(41)35-20-13-14-21(34)22(17-20)36-29(42)25(26(39)27(40)32(4,5)6)38-30(43)33(7,8)37-31(38)44/h12-17,24-25H,9-11H2,1-8H3,(H,35,41)(H,36,42)(H,37,44). The Labute approximate surface area is 268 Å². The number of nitrogens with one attached hydrogen (secondary N) is 3. The molecule has 3 N–H and O–H groups in total. The Bertz CT molecular complexity index is 1530. The van der Waals surface area contributed by atoms with E-state index in [-0.39, 0.29) is 16.4 Å². The number of imide groups is 1. The number of hydrogen-bond acceptors (Lipinski definition) is 7. The minimum Gasteiger partial charge on any atom is -0.480 e. The second kappa shape index (κ2) is 13.8. The summed E-state index contributed by atoms with van der Waals surface area (Å²) < 4.78 is 6.10. The quantitative estimate of drug-likeness (QED) is 0.161. The van der Waals surface area contributed by atoms with Crippen molar-refractivity contribution in [1.29, 1.82) is 0 Å². The molecular formula is C33H41ClN4O7. The predicted molar refractivity (Wildman–Crippen MR) is 171 cm³/mol. The van der Waals surface area contributed by atoms with E-state index in [1.165, 1.54) is 52.8 Å². The number of urea groups is 1. The summed E-state index contributed by atoms with van der Waals surface area (Å²) >= 11 is 6.36. The molecule has 0 spiro atoms. The van der Waals surface area contributed by atoms with Gasteiger partial charge in [0.1, 0.15) is 11.3 Å². The van der Waals surface area contributed by atoms with Gasteiger partial charge in [0.25, 0.3) is 17.7 Å². The lowest BCUT2D eigenvalue weighted by Gasteiger charge is -2.26. The van der Waals surface area contributed by atoms with Crippen molar-refractivity contribution in [3.8, 4) is 5.75 Å². The molecule has 0 aliphatic carbocycles. The van der Waals surface area contributed by atoms with Crippen LogP contribution in [0.1, 0.15) is 71.9 Å². The van der Waals surface area contributed by atoms with E-state index in [9.17, 15) is 28.8 Å². The van der Waals surface area contributed by atoms with Crippen LogP contribution in [0.2, 0.25) is 5.02 Å². The fourth-order valence-electron chi connectivity index (χ4n) is 4.70. The first-order valence-corrected chi connectivity index (χ1v) is 15.1. The molecule has 1 fully saturated rings. The molecule has 0 aromatic heterocycles. The van der Waals surface area contributed by atoms with Crippen LogP contribution in [0.25, 0.3) is 0 Å². The smallest absolute Gasteiger partial charge is 0.326 e. The SMILES string of the molecule is CCCCC(Oc1ccc(C)cc1C)C(=O)Nc1ccc(Cl)c(NC(=O)C(C(=O)C(=O)C(C)(C)C)N2C(=O)NC(C)(C)C2=O)c1. The van der Waals surface area contributed by atoms with Crippen LogP contribution in [0.5, 0.6) is 5.75 Å². The summed E-state index contributed by atoms with van der Waals surface area (Å²) in [6.07, 6.45) is 1.24. The fourth-order valence-corrected chi connectivity index (χ4v) is 4.86. The largest absolute Gasteiger partial charge is 0.480 e. The van der Waals surface area contributed by atoms with E-state index >= 15 is 0 Å². The van der Waals surface area contributed by atoms with Gasteiger partial charge in [0.2, 0.25) is 11.6 Å². The summed E-state index contributed by atoms with van der Waals surface area (Å²) in [5.41, 5.74) is -0.406. The third kappa shape index (κ3) is 8.27. The van der Waals surface area contributed by atoms with Gasteiger partial charge >= 0.3 is 6.03 Å². The Morgan fingerprint density at radius 1 is 1.00 bits per heavy atom. The summed E-state index contributed by atoms with van der Waals surface area (Å²) in [6.45, 7) is 13.2. The lowest BCUT2D eigenvalue weighted by molar-refractivity contribution is -0.149. The molecule has 2 atom stereocenters. The van der Waals surface area contributed by atoms with Crippen LogP contribution >= 0.6 is 11.6 Å². The van der Waals surface area contributed by atoms with Crippen molar-refractivity contribution in [1.82, 2.24) is 10.2 Å². The lowest BCUT2D eigenvalue weighted by atomic mass is 9.85. The summed E-state index contributed by atoms with van der Waals surface area (Å²) in [7, 11) is 0. The van der Waals surface area contributed by atoms with E-state index in [0.717, 1.165) is 24.0 Å². The van der Waals surface area contributed by atoms with Crippen molar-refractivity contribution in [3.63, 3.8) is 0 Å². The number of halogens is 1. The zero-order valence-corrected chi connectivity index (χ0v) is 27.7. The van der Waals surface area contributed by atoms with Crippen molar-refractivity contribution >= 4 is 58.3 Å². The number of hydrogen-bond donors (Lipinski definition) is 3. The summed E-state index contributed by atoms with van der Waals surface area (Å²) in [4.78, 5) is 79.6. The maximum Gasteiger partial charge on any atom is 0.326 e. The molecule has 11 nitrogen and oxygen atoms in total. The average molecular weight is 641 g/mol. The van der Waals surface area contributed by atoms with Gasteiger partial charge in [-0.05, 0) is 70.4 Å². The Hall–Kier alpha value is -4.25. The van der Waals surface area contributed by atoms with Crippen LogP contribution in [0.3, 0.4) is 0 Å². The van der Waals surface area contributed by atoms with Crippen molar-refractivity contribution < 1.29 is 33.5 Å². The van der Waals surface area contributed by atoms with Crippen LogP contribution in [-0.2, 0) is 24.0 Å². The third-order valence-corrected chi connectivity index (χ3v) is 7.58. The number of rotatable bonds is 12. The highest BCUT2D eigenvalue weighted by molar-refractivity contribution is 6.46. The number of nitrogens with zero attached hydrogens (tertiary/aromatic N) is 1. The Morgan fingerprint density at radius 3 is 2.22 bits per heavy atom. The number of anilines is 2. The number of ether oxygens (including phenoxy) is 1. The number of carbonyl (C=O) groups excluding carboxylic acids is 6. The summed E-state index contributed by atoms with van der Waals surface area (Å²) in [6, 6.07) is 6.92. The molecule has 0 radical (unpaired) electrons. The zero-order chi connectivity index (χ0) is 33.9. The van der Waals surface area contributed by atoms with E-state index < -0.39 is 58.4 Å². The highest BCUT2D eigenvalue weighted by Crippen LogP contribution is 2.29. The van der Waals surface area contributed by atoms with E-state index in [2.05, 4.69) is 16.0 Å². The number of Topliss-reactive ketones (excluding diaryl/α,β-unsaturated/α-hetero) is 2. The van der Waals surface area contributed by atoms with Gasteiger partial charge in [0, 0.05) is 11.1 Å². The van der Waals surface area contributed by atoms with Crippen LogP contribution in [-0.4, -0.2) is 57.9 Å². The van der Waals surface area contributed by atoms with E-state index in [4.69, 9.17) is 16.3 Å². The first kappa shape index (κ1) is 35.2. The number of amides is 5. The molecule has 2 aromatic rings. The number of ketones is 2. The van der Waals surface area contributed by atoms with Crippen LogP contribution < -0.4 is 20.7 Å². The Balaban J connectivity index is 1.89. The maximum atomic E-state index is 13.6. The Kier molecular flexibility index (Phi) is 10.8. The van der Waals surface area contributed by atoms with Crippen LogP contribution in [0.15, 0.2) is 36.4 Å². The second-order valence-corrected chi connectivity index (χ2v) is 13.2. The van der Waals surface area contributed by atoms with E-state index in [1.54, 1.807) is 0 Å². The van der Waals surface area contributed by atoms with Gasteiger partial charge in [-0.3, -0.25) is 24.0 Å². The maximum absolute atomic E-state index is 13.6. The average Bonchev–Trinajstić information content (AvgIpc) is 3.14. The van der Waals surface area contributed by atoms with Gasteiger partial charge in [-0.1, -0.05) is 63.4 Å². The molecule has 1 heterocycles. The van der Waals surface area contributed by atoms with Crippen LogP contribution in [0.4, 0.5) is 16.2 Å². The molecule has 1 aliphatic heterocycles. The molecule has 0 bridgehead atoms. The van der Waals surface area contributed by atoms with E-state index in [1.807, 2.05) is 39.0 Å². The van der Waals surface area contributed by atoms with Gasteiger partial charge in [-0.2, -0.15) is 0 Å². The van der Waals surface area contributed by atoms with Gasteiger partial charge in [-0.15, -0.1) is 0 Å². The highest BCUT2D eigenvalue weighted by Gasteiger charge is 2.53. The molecule has 2 aromatic carbocycles. The molecule has 12 heteroatoms. The summed E-state index contributed by atoms with van der Waals surface area (Å²) in [5, 5.41) is 7.73. The third-order valence-electron chi connectivity index (χ3n) is 7.26. The molecule has 2 unspecified atom stereocenters. The highest BCUT2D eigenvalue weighted by atomic mass is 35.5. The molecule has 5 amide bonds. The molecule has 242 valence electrons. The fraction of sp³-hybridized carbons (Fsp3) is 0.455. The predicted octanol–water partition coefficient (Wildman–Crippen LogP) is 5.35. The van der Waals surface area contributed by atoms with Gasteiger partial charge in [0.05, 0.1) is 10.7 Å². The molecule has 0 saturated carbocycles.